The summed E-state index contributed by atoms with van der Waals surface area (Å²) in [6, 6.07) is 15.4. The molecule has 0 fully saturated rings. The smallest absolute Gasteiger partial charge is 0.261 e. The van der Waals surface area contributed by atoms with E-state index < -0.39 is 35.5 Å². The highest BCUT2D eigenvalue weighted by Crippen LogP contribution is 2.35. The van der Waals surface area contributed by atoms with Crippen molar-refractivity contribution in [2.45, 2.75) is 45.3 Å². The number of hydrogen-bond donors (Lipinski definition) is 4. The Labute approximate surface area is 240 Å². The predicted molar refractivity (Wildman–Crippen MR) is 160 cm³/mol. The van der Waals surface area contributed by atoms with Crippen LogP contribution in [0.5, 0.6) is 0 Å². The van der Waals surface area contributed by atoms with E-state index in [1.54, 1.807) is 26.0 Å². The Hall–Kier alpha value is -3.31. The van der Waals surface area contributed by atoms with Crippen LogP contribution in [-0.2, 0) is 35.7 Å². The van der Waals surface area contributed by atoms with Gasteiger partial charge in [-0.3, -0.25) is 9.11 Å². The molecule has 5 N–H and O–H groups in total. The maximum atomic E-state index is 12.9. The molecule has 0 atom stereocenters. The predicted octanol–water partition coefficient (Wildman–Crippen LogP) is 3.57. The van der Waals surface area contributed by atoms with E-state index in [1.165, 1.54) is 0 Å². The van der Waals surface area contributed by atoms with Crippen molar-refractivity contribution in [2.24, 2.45) is 0 Å². The SMILES string of the molecule is CC(C)S(=O)(=O)n1c(N)nc2ccc(-c3nc(C(C)(C)C)[nH]c3-c3ccccc3)cc21.CS(=O)(=O)O.CS(=O)(=O)O. The largest absolute Gasteiger partial charge is 0.368 e. The summed E-state index contributed by atoms with van der Waals surface area (Å²) in [6.07, 6.45) is 1.43. The zero-order valence-electron chi connectivity index (χ0n) is 23.7. The highest BCUT2D eigenvalue weighted by atomic mass is 32.2. The topological polar surface area (TPSA) is 215 Å². The maximum absolute atomic E-state index is 12.9. The van der Waals surface area contributed by atoms with Crippen molar-refractivity contribution in [3.63, 3.8) is 0 Å². The first-order chi connectivity index (χ1) is 18.5. The van der Waals surface area contributed by atoms with Gasteiger partial charge in [0.25, 0.3) is 20.2 Å². The monoisotopic (exact) mass is 629 g/mol. The van der Waals surface area contributed by atoms with Crippen molar-refractivity contribution in [3.05, 3.63) is 54.4 Å². The van der Waals surface area contributed by atoms with Crippen molar-refractivity contribution in [2.75, 3.05) is 18.2 Å². The van der Waals surface area contributed by atoms with Crippen LogP contribution >= 0.6 is 0 Å². The second kappa shape index (κ2) is 12.3. The molecule has 4 rings (SSSR count). The molecule has 0 aliphatic rings. The van der Waals surface area contributed by atoms with Crippen LogP contribution < -0.4 is 5.73 Å². The first-order valence-electron chi connectivity index (χ1n) is 12.0. The number of fused-ring (bicyclic) bond motifs is 1. The molecule has 41 heavy (non-hydrogen) atoms. The van der Waals surface area contributed by atoms with Gasteiger partial charge < -0.3 is 10.7 Å². The maximum Gasteiger partial charge on any atom is 0.261 e. The molecular formula is C25H35N5O8S3. The number of anilines is 1. The van der Waals surface area contributed by atoms with E-state index in [9.17, 15) is 25.3 Å². The zero-order valence-corrected chi connectivity index (χ0v) is 26.1. The molecule has 2 aromatic heterocycles. The fourth-order valence-electron chi connectivity index (χ4n) is 3.45. The molecule has 2 heterocycles. The van der Waals surface area contributed by atoms with Gasteiger partial charge in [0.1, 0.15) is 5.82 Å². The van der Waals surface area contributed by atoms with Crippen molar-refractivity contribution in [1.29, 1.82) is 0 Å². The number of H-pyrrole nitrogens is 1. The van der Waals surface area contributed by atoms with E-state index in [4.69, 9.17) is 19.8 Å². The van der Waals surface area contributed by atoms with E-state index in [1.807, 2.05) is 36.4 Å². The Bertz CT molecular complexity index is 1790. The second-order valence-electron chi connectivity index (χ2n) is 10.4. The minimum Gasteiger partial charge on any atom is -0.368 e. The number of aromatic nitrogens is 4. The second-order valence-corrected chi connectivity index (χ2v) is 15.7. The molecule has 0 radical (unpaired) electrons. The summed E-state index contributed by atoms with van der Waals surface area (Å²) < 4.78 is 78.7. The van der Waals surface area contributed by atoms with Gasteiger partial charge >= 0.3 is 0 Å². The summed E-state index contributed by atoms with van der Waals surface area (Å²) in [5.74, 6) is 0.811. The molecule has 2 aromatic carbocycles. The molecule has 0 aliphatic heterocycles. The molecule has 16 heteroatoms. The first-order valence-corrected chi connectivity index (χ1v) is 17.2. The molecule has 13 nitrogen and oxygen atoms in total. The number of nitrogens with zero attached hydrogens (tertiary/aromatic N) is 3. The van der Waals surface area contributed by atoms with Gasteiger partial charge in [-0.15, -0.1) is 0 Å². The van der Waals surface area contributed by atoms with Gasteiger partial charge in [0.2, 0.25) is 16.0 Å². The summed E-state index contributed by atoms with van der Waals surface area (Å²) in [4.78, 5) is 12.6. The number of imidazole rings is 2. The summed E-state index contributed by atoms with van der Waals surface area (Å²) in [5, 5.41) is -0.631. The van der Waals surface area contributed by atoms with Gasteiger partial charge in [-0.2, -0.15) is 16.8 Å². The van der Waals surface area contributed by atoms with Gasteiger partial charge in [0.15, 0.2) is 0 Å². The molecule has 226 valence electrons. The molecular weight excluding hydrogens is 595 g/mol. The summed E-state index contributed by atoms with van der Waals surface area (Å²) in [5.41, 5.74) is 10.2. The van der Waals surface area contributed by atoms with Crippen LogP contribution in [0.2, 0.25) is 0 Å². The van der Waals surface area contributed by atoms with Crippen molar-refractivity contribution < 1.29 is 34.4 Å². The number of nitrogens with one attached hydrogen (secondary N) is 1. The van der Waals surface area contributed by atoms with Crippen LogP contribution in [0.3, 0.4) is 0 Å². The van der Waals surface area contributed by atoms with Gasteiger partial charge in [0, 0.05) is 16.5 Å². The summed E-state index contributed by atoms with van der Waals surface area (Å²) >= 11 is 0. The quantitative estimate of drug-likeness (QED) is 0.239. The van der Waals surface area contributed by atoms with E-state index in [-0.39, 0.29) is 11.4 Å². The number of benzene rings is 2. The third-order valence-electron chi connectivity index (χ3n) is 5.24. The molecule has 0 aliphatic carbocycles. The molecule has 0 amide bonds. The normalized spacial score (nSPS) is 12.4. The first kappa shape index (κ1) is 33.9. The fourth-order valence-corrected chi connectivity index (χ4v) is 4.59. The number of aromatic amines is 1. The van der Waals surface area contributed by atoms with Crippen LogP contribution in [0.25, 0.3) is 33.5 Å². The number of hydrogen-bond acceptors (Lipinski definition) is 9. The van der Waals surface area contributed by atoms with Gasteiger partial charge in [-0.1, -0.05) is 57.2 Å². The van der Waals surface area contributed by atoms with E-state index >= 15 is 0 Å². The highest BCUT2D eigenvalue weighted by molar-refractivity contribution is 7.90. The Morgan fingerprint density at radius 3 is 1.83 bits per heavy atom. The lowest BCUT2D eigenvalue weighted by atomic mass is 9.96. The van der Waals surface area contributed by atoms with Crippen LogP contribution in [0.1, 0.15) is 40.4 Å². The van der Waals surface area contributed by atoms with Gasteiger partial charge in [0.05, 0.1) is 40.2 Å². The number of nitrogen functional groups attached to an aromatic ring is 1. The standard InChI is InChI=1S/C23H27N5O2S.2CH4O3S/c1-14(2)31(29,30)28-18-13-16(11-12-17(18)25-22(28)24)20-19(15-9-7-6-8-10-15)26-21(27-20)23(3,4)5;2*1-5(2,3)4/h6-14H,1-5H3,(H2,24,25)(H,26,27);2*1H3,(H,2,3,4). The summed E-state index contributed by atoms with van der Waals surface area (Å²) in [6.45, 7) is 9.54. The van der Waals surface area contributed by atoms with E-state index in [0.717, 1.165) is 32.3 Å². The lowest BCUT2D eigenvalue weighted by molar-refractivity contribution is 0.488. The zero-order chi connectivity index (χ0) is 31.6. The average molecular weight is 630 g/mol. The van der Waals surface area contributed by atoms with Crippen LogP contribution in [0.15, 0.2) is 48.5 Å². The molecule has 0 saturated carbocycles. The van der Waals surface area contributed by atoms with E-state index in [2.05, 4.69) is 30.7 Å². The van der Waals surface area contributed by atoms with Crippen LogP contribution in [0, 0.1) is 0 Å². The van der Waals surface area contributed by atoms with E-state index in [0.29, 0.717) is 23.5 Å². The van der Waals surface area contributed by atoms with Gasteiger partial charge in [-0.25, -0.2) is 22.4 Å². The minimum absolute atomic E-state index is 0.0402. The molecule has 0 unspecified atom stereocenters. The molecule has 4 aromatic rings. The Kier molecular flexibility index (Phi) is 10.2. The van der Waals surface area contributed by atoms with Crippen molar-refractivity contribution in [1.82, 2.24) is 18.9 Å². The van der Waals surface area contributed by atoms with Crippen molar-refractivity contribution >= 4 is 47.2 Å². The Balaban J connectivity index is 0.000000507. The van der Waals surface area contributed by atoms with Crippen molar-refractivity contribution in [3.8, 4) is 22.5 Å². The lowest BCUT2D eigenvalue weighted by Crippen LogP contribution is -2.23. The minimum atomic E-state index is -3.67. The van der Waals surface area contributed by atoms with Crippen LogP contribution in [-0.4, -0.2) is 71.0 Å². The summed E-state index contributed by atoms with van der Waals surface area (Å²) in [7, 11) is -11.0. The van der Waals surface area contributed by atoms with Crippen LogP contribution in [0.4, 0.5) is 5.95 Å². The average Bonchev–Trinajstić information content (AvgIpc) is 3.38. The Morgan fingerprint density at radius 1 is 0.854 bits per heavy atom. The fraction of sp³-hybridized carbons (Fsp3) is 0.360. The number of rotatable bonds is 4. The van der Waals surface area contributed by atoms with Gasteiger partial charge in [-0.05, 0) is 26.0 Å². The third-order valence-corrected chi connectivity index (χ3v) is 7.32. The highest BCUT2D eigenvalue weighted by Gasteiger charge is 2.26. The Morgan fingerprint density at radius 2 is 1.37 bits per heavy atom. The lowest BCUT2D eigenvalue weighted by Gasteiger charge is -2.14. The molecule has 0 saturated heterocycles. The molecule has 0 spiro atoms. The molecule has 0 bridgehead atoms. The number of nitrogens with two attached hydrogens (primary N) is 1. The third kappa shape index (κ3) is 9.64.